The lowest BCUT2D eigenvalue weighted by atomic mass is 10.1. The number of carbonyl (C=O) groups is 2. The van der Waals surface area contributed by atoms with E-state index >= 15 is 0 Å². The fraction of sp³-hybridized carbons (Fsp3) is 0.263. The summed E-state index contributed by atoms with van der Waals surface area (Å²) >= 11 is 0. The zero-order valence-electron chi connectivity index (χ0n) is 13.8. The molecule has 2 aromatic rings. The number of amides is 1. The average molecular weight is 341 g/mol. The molecular formula is C19H19NO5. The van der Waals surface area contributed by atoms with Crippen LogP contribution in [-0.4, -0.2) is 35.5 Å². The fourth-order valence-electron chi connectivity index (χ4n) is 2.80. The largest absolute Gasteiger partial charge is 0.493 e. The summed E-state index contributed by atoms with van der Waals surface area (Å²) in [4.78, 5) is 24.5. The van der Waals surface area contributed by atoms with Crippen LogP contribution in [0.25, 0.3) is 0 Å². The van der Waals surface area contributed by atoms with Crippen LogP contribution in [0.3, 0.4) is 0 Å². The van der Waals surface area contributed by atoms with Crippen LogP contribution in [0.5, 0.6) is 17.2 Å². The molecule has 3 rings (SSSR count). The third kappa shape index (κ3) is 3.91. The number of methoxy groups -OCH3 is 1. The van der Waals surface area contributed by atoms with E-state index < -0.39 is 11.9 Å². The number of carboxylic acids is 1. The van der Waals surface area contributed by atoms with Crippen molar-refractivity contribution in [3.8, 4) is 17.2 Å². The summed E-state index contributed by atoms with van der Waals surface area (Å²) in [6.45, 7) is 0.658. The third-order valence-electron chi connectivity index (χ3n) is 4.16. The van der Waals surface area contributed by atoms with Gasteiger partial charge in [0.2, 0.25) is 5.91 Å². The van der Waals surface area contributed by atoms with Crippen LogP contribution in [0.1, 0.15) is 12.0 Å². The number of benzene rings is 2. The predicted molar refractivity (Wildman–Crippen MR) is 90.7 cm³/mol. The van der Waals surface area contributed by atoms with Crippen LogP contribution in [0.4, 0.5) is 0 Å². The van der Waals surface area contributed by atoms with Crippen LogP contribution in [0.2, 0.25) is 0 Å². The van der Waals surface area contributed by atoms with Crippen LogP contribution in [0.15, 0.2) is 48.5 Å². The molecule has 0 aromatic heterocycles. The Bertz CT molecular complexity index is 772. The number of ether oxygens (including phenoxy) is 2. The molecule has 1 aliphatic heterocycles. The van der Waals surface area contributed by atoms with Gasteiger partial charge in [-0.1, -0.05) is 24.3 Å². The smallest absolute Gasteiger partial charge is 0.308 e. The van der Waals surface area contributed by atoms with Gasteiger partial charge in [-0.15, -0.1) is 0 Å². The number of carbonyl (C=O) groups excluding carboxylic acids is 1. The molecule has 25 heavy (non-hydrogen) atoms. The number of rotatable bonds is 6. The molecule has 6 nitrogen and oxygen atoms in total. The summed E-state index contributed by atoms with van der Waals surface area (Å²) in [7, 11) is 1.59. The second-order valence-electron chi connectivity index (χ2n) is 5.91. The Labute approximate surface area is 145 Å². The maximum absolute atomic E-state index is 11.9. The fourth-order valence-corrected chi connectivity index (χ4v) is 2.80. The molecule has 0 bridgehead atoms. The number of aliphatic carboxylic acids is 1. The Balaban J connectivity index is 1.65. The maximum atomic E-state index is 11.9. The topological polar surface area (TPSA) is 76.1 Å². The standard InChI is InChI=1S/C19H19NO5/c1-24-16-4-2-3-5-17(16)25-15-8-6-13(7-9-15)11-20-12-14(19(22)23)10-18(20)21/h2-9,14H,10-12H2,1H3,(H,22,23). The minimum absolute atomic E-state index is 0.0737. The molecule has 1 saturated heterocycles. The highest BCUT2D eigenvalue weighted by Crippen LogP contribution is 2.31. The average Bonchev–Trinajstić information content (AvgIpc) is 2.98. The van der Waals surface area contributed by atoms with Gasteiger partial charge >= 0.3 is 5.97 Å². The zero-order chi connectivity index (χ0) is 17.8. The molecule has 0 aliphatic carbocycles. The van der Waals surface area contributed by atoms with Crippen molar-refractivity contribution < 1.29 is 24.2 Å². The number of carboxylic acid groups (broad SMARTS) is 1. The normalized spacial score (nSPS) is 16.8. The lowest BCUT2D eigenvalue weighted by Gasteiger charge is -2.16. The molecule has 0 spiro atoms. The van der Waals surface area contributed by atoms with Gasteiger partial charge < -0.3 is 19.5 Å². The Kier molecular flexibility index (Phi) is 4.88. The molecule has 130 valence electrons. The minimum atomic E-state index is -0.920. The van der Waals surface area contributed by atoms with E-state index in [9.17, 15) is 9.59 Å². The van der Waals surface area contributed by atoms with Gasteiger partial charge in [0.05, 0.1) is 13.0 Å². The van der Waals surface area contributed by atoms with Crippen molar-refractivity contribution in [2.24, 2.45) is 5.92 Å². The van der Waals surface area contributed by atoms with E-state index in [1.54, 1.807) is 12.0 Å². The molecule has 1 atom stereocenters. The molecule has 1 fully saturated rings. The summed E-state index contributed by atoms with van der Waals surface area (Å²) in [5.41, 5.74) is 0.923. The summed E-state index contributed by atoms with van der Waals surface area (Å²) in [6.07, 6.45) is 0.0737. The number of para-hydroxylation sites is 2. The predicted octanol–water partition coefficient (Wildman–Crippen LogP) is 2.92. The monoisotopic (exact) mass is 341 g/mol. The van der Waals surface area contributed by atoms with Crippen molar-refractivity contribution in [2.75, 3.05) is 13.7 Å². The lowest BCUT2D eigenvalue weighted by molar-refractivity contribution is -0.141. The van der Waals surface area contributed by atoms with Crippen molar-refractivity contribution in [1.82, 2.24) is 4.90 Å². The van der Waals surface area contributed by atoms with Crippen molar-refractivity contribution in [3.63, 3.8) is 0 Å². The van der Waals surface area contributed by atoms with Gasteiger partial charge in [-0.3, -0.25) is 9.59 Å². The van der Waals surface area contributed by atoms with E-state index in [4.69, 9.17) is 14.6 Å². The molecule has 6 heteroatoms. The molecule has 1 heterocycles. The Morgan fingerprint density at radius 2 is 1.84 bits per heavy atom. The SMILES string of the molecule is COc1ccccc1Oc1ccc(CN2CC(C(=O)O)CC2=O)cc1. The van der Waals surface area contributed by atoms with Gasteiger partial charge in [0.25, 0.3) is 0 Å². The zero-order valence-corrected chi connectivity index (χ0v) is 13.8. The van der Waals surface area contributed by atoms with Crippen molar-refractivity contribution >= 4 is 11.9 Å². The van der Waals surface area contributed by atoms with E-state index in [2.05, 4.69) is 0 Å². The molecule has 1 aliphatic rings. The number of hydrogen-bond donors (Lipinski definition) is 1. The van der Waals surface area contributed by atoms with Crippen molar-refractivity contribution in [1.29, 1.82) is 0 Å². The number of nitrogens with zero attached hydrogens (tertiary/aromatic N) is 1. The highest BCUT2D eigenvalue weighted by atomic mass is 16.5. The third-order valence-corrected chi connectivity index (χ3v) is 4.16. The highest BCUT2D eigenvalue weighted by molar-refractivity contribution is 5.86. The van der Waals surface area contributed by atoms with Crippen molar-refractivity contribution in [2.45, 2.75) is 13.0 Å². The molecular weight excluding hydrogens is 322 g/mol. The second kappa shape index (κ2) is 7.25. The van der Waals surface area contributed by atoms with Gasteiger partial charge in [0, 0.05) is 19.5 Å². The van der Waals surface area contributed by atoms with Gasteiger partial charge in [0.1, 0.15) is 5.75 Å². The van der Waals surface area contributed by atoms with E-state index in [1.165, 1.54) is 0 Å². The second-order valence-corrected chi connectivity index (χ2v) is 5.91. The van der Waals surface area contributed by atoms with Gasteiger partial charge in [0.15, 0.2) is 11.5 Å². The molecule has 1 amide bonds. The first-order valence-electron chi connectivity index (χ1n) is 7.97. The summed E-state index contributed by atoms with van der Waals surface area (Å²) in [5.74, 6) is 0.272. The van der Waals surface area contributed by atoms with Crippen LogP contribution in [0, 0.1) is 5.92 Å². The first kappa shape index (κ1) is 16.8. The van der Waals surface area contributed by atoms with E-state index in [0.717, 1.165) is 5.56 Å². The maximum Gasteiger partial charge on any atom is 0.308 e. The molecule has 1 unspecified atom stereocenters. The summed E-state index contributed by atoms with van der Waals surface area (Å²) < 4.78 is 11.1. The quantitative estimate of drug-likeness (QED) is 0.874. The summed E-state index contributed by atoms with van der Waals surface area (Å²) in [6, 6.07) is 14.7. The van der Waals surface area contributed by atoms with Gasteiger partial charge in [-0.25, -0.2) is 0 Å². The minimum Gasteiger partial charge on any atom is -0.493 e. The highest BCUT2D eigenvalue weighted by Gasteiger charge is 2.33. The van der Waals surface area contributed by atoms with Gasteiger partial charge in [-0.05, 0) is 29.8 Å². The van der Waals surface area contributed by atoms with E-state index in [0.29, 0.717) is 23.8 Å². The van der Waals surface area contributed by atoms with Crippen molar-refractivity contribution in [3.05, 3.63) is 54.1 Å². The lowest BCUT2D eigenvalue weighted by Crippen LogP contribution is -2.25. The van der Waals surface area contributed by atoms with Gasteiger partial charge in [-0.2, -0.15) is 0 Å². The first-order chi connectivity index (χ1) is 12.1. The molecule has 0 radical (unpaired) electrons. The van der Waals surface area contributed by atoms with Crippen LogP contribution in [-0.2, 0) is 16.1 Å². The van der Waals surface area contributed by atoms with Crippen LogP contribution < -0.4 is 9.47 Å². The Morgan fingerprint density at radius 3 is 2.44 bits per heavy atom. The molecule has 1 N–H and O–H groups in total. The Hall–Kier alpha value is -3.02. The van der Waals surface area contributed by atoms with E-state index in [1.807, 2.05) is 48.5 Å². The number of likely N-dealkylation sites (tertiary alicyclic amines) is 1. The first-order valence-corrected chi connectivity index (χ1v) is 7.97. The summed E-state index contributed by atoms with van der Waals surface area (Å²) in [5, 5.41) is 9.03. The Morgan fingerprint density at radius 1 is 1.16 bits per heavy atom. The number of hydrogen-bond acceptors (Lipinski definition) is 4. The van der Waals surface area contributed by atoms with Crippen LogP contribution >= 0.6 is 0 Å². The molecule has 0 saturated carbocycles. The van der Waals surface area contributed by atoms with E-state index in [-0.39, 0.29) is 18.9 Å². The molecule has 2 aromatic carbocycles.